The van der Waals surface area contributed by atoms with Gasteiger partial charge in [-0.15, -0.1) is 0 Å². The quantitative estimate of drug-likeness (QED) is 0.158. The molecule has 14 nitrogen and oxygen atoms in total. The monoisotopic (exact) mass is 678 g/mol. The van der Waals surface area contributed by atoms with E-state index in [0.29, 0.717) is 40.4 Å². The maximum atomic E-state index is 14.0. The Morgan fingerprint density at radius 1 is 0.898 bits per heavy atom. The van der Waals surface area contributed by atoms with Gasteiger partial charge in [0.25, 0.3) is 5.91 Å². The first-order chi connectivity index (χ1) is 23.6. The Labute approximate surface area is 282 Å². The van der Waals surface area contributed by atoms with E-state index in [1.165, 1.54) is 43.4 Å². The van der Waals surface area contributed by atoms with Crippen LogP contribution in [0.3, 0.4) is 0 Å². The highest BCUT2D eigenvalue weighted by Crippen LogP contribution is 2.39. The summed E-state index contributed by atoms with van der Waals surface area (Å²) >= 11 is 0. The summed E-state index contributed by atoms with van der Waals surface area (Å²) in [5.41, 5.74) is 1.86. The number of ketones is 1. The van der Waals surface area contributed by atoms with Gasteiger partial charge in [0.2, 0.25) is 6.79 Å². The van der Waals surface area contributed by atoms with Crippen LogP contribution in [0, 0.1) is 13.8 Å². The second-order valence-corrected chi connectivity index (χ2v) is 11.5. The molecule has 0 aromatic heterocycles. The number of carbonyl (C=O) groups excluding carboxylic acids is 3. The Morgan fingerprint density at radius 2 is 1.55 bits per heavy atom. The van der Waals surface area contributed by atoms with Crippen LogP contribution < -0.4 is 24.3 Å². The van der Waals surface area contributed by atoms with Crippen molar-refractivity contribution in [3.05, 3.63) is 81.9 Å². The molecule has 1 saturated heterocycles. The molecule has 0 saturated carbocycles. The summed E-state index contributed by atoms with van der Waals surface area (Å²) in [6.07, 6.45) is -1.45. The molecule has 14 heteroatoms. The van der Waals surface area contributed by atoms with Gasteiger partial charge >= 0.3 is 12.1 Å². The number of benzene rings is 3. The lowest BCUT2D eigenvalue weighted by atomic mass is 9.97. The van der Waals surface area contributed by atoms with Crippen molar-refractivity contribution in [2.24, 2.45) is 0 Å². The van der Waals surface area contributed by atoms with Crippen LogP contribution in [0.2, 0.25) is 0 Å². The lowest BCUT2D eigenvalue weighted by Crippen LogP contribution is -2.51. The molecule has 1 fully saturated rings. The minimum atomic E-state index is -1.16. The Balaban J connectivity index is 1.40. The highest BCUT2D eigenvalue weighted by Gasteiger charge is 2.35. The minimum Gasteiger partial charge on any atom is -0.467 e. The van der Waals surface area contributed by atoms with Gasteiger partial charge in [-0.25, -0.2) is 9.59 Å². The Hall–Kier alpha value is -5.34. The van der Waals surface area contributed by atoms with E-state index < -0.39 is 35.9 Å². The third kappa shape index (κ3) is 8.04. The molecule has 2 aliphatic rings. The van der Waals surface area contributed by atoms with E-state index in [1.807, 2.05) is 0 Å². The Bertz CT molecular complexity index is 1700. The molecule has 2 aliphatic heterocycles. The molecule has 49 heavy (non-hydrogen) atoms. The predicted molar refractivity (Wildman–Crippen MR) is 173 cm³/mol. The molecule has 0 spiro atoms. The van der Waals surface area contributed by atoms with E-state index in [0.717, 1.165) is 0 Å². The normalized spacial score (nSPS) is 16.8. The maximum absolute atomic E-state index is 14.0. The van der Waals surface area contributed by atoms with Gasteiger partial charge in [0.1, 0.15) is 17.6 Å². The fourth-order valence-electron chi connectivity index (χ4n) is 5.81. The first-order valence-corrected chi connectivity index (χ1v) is 15.5. The molecule has 2 N–H and O–H groups in total. The van der Waals surface area contributed by atoms with E-state index >= 15 is 0 Å². The SMILES string of the molecule is COCOc1cc2c(cc1C(=O)c1ccccc1C(=O)OC1CCCN(C(=O)O)CC1NC(=O)c1cc(C)c(OCOC)c(C)c1)OCO2. The predicted octanol–water partition coefficient (Wildman–Crippen LogP) is 4.33. The van der Waals surface area contributed by atoms with Gasteiger partial charge in [-0.3, -0.25) is 9.59 Å². The lowest BCUT2D eigenvalue weighted by Gasteiger charge is -2.28. The zero-order chi connectivity index (χ0) is 35.1. The second-order valence-electron chi connectivity index (χ2n) is 11.5. The topological polar surface area (TPSA) is 168 Å². The number of carbonyl (C=O) groups is 4. The molecule has 2 atom stereocenters. The van der Waals surface area contributed by atoms with Crippen molar-refractivity contribution in [2.75, 3.05) is 47.7 Å². The molecule has 2 heterocycles. The van der Waals surface area contributed by atoms with Crippen molar-refractivity contribution < 1.29 is 57.4 Å². The Kier molecular flexibility index (Phi) is 11.2. The number of nitrogens with one attached hydrogen (secondary N) is 1. The summed E-state index contributed by atoms with van der Waals surface area (Å²) in [6.45, 7) is 3.54. The van der Waals surface area contributed by atoms with E-state index in [4.69, 9.17) is 33.2 Å². The Morgan fingerprint density at radius 3 is 2.22 bits per heavy atom. The molecule has 0 aliphatic carbocycles. The first-order valence-electron chi connectivity index (χ1n) is 15.5. The molecule has 2 amide bonds. The van der Waals surface area contributed by atoms with Crippen LogP contribution in [0.4, 0.5) is 4.79 Å². The van der Waals surface area contributed by atoms with Gasteiger partial charge in [0.15, 0.2) is 30.9 Å². The molecular weight excluding hydrogens is 640 g/mol. The zero-order valence-corrected chi connectivity index (χ0v) is 27.6. The molecule has 5 rings (SSSR count). The van der Waals surface area contributed by atoms with Crippen LogP contribution >= 0.6 is 0 Å². The first kappa shape index (κ1) is 35.0. The van der Waals surface area contributed by atoms with Gasteiger partial charge in [-0.1, -0.05) is 18.2 Å². The van der Waals surface area contributed by atoms with Crippen molar-refractivity contribution in [2.45, 2.75) is 38.8 Å². The summed E-state index contributed by atoms with van der Waals surface area (Å²) in [4.78, 5) is 54.5. The van der Waals surface area contributed by atoms with E-state index in [9.17, 15) is 24.3 Å². The van der Waals surface area contributed by atoms with Crippen LogP contribution in [0.15, 0.2) is 48.5 Å². The third-order valence-corrected chi connectivity index (χ3v) is 8.11. The molecular formula is C35H38N2O12. The van der Waals surface area contributed by atoms with Crippen LogP contribution in [-0.2, 0) is 14.2 Å². The summed E-state index contributed by atoms with van der Waals surface area (Å²) in [5.74, 6) is -0.341. The molecule has 2 unspecified atom stereocenters. The van der Waals surface area contributed by atoms with Gasteiger partial charge < -0.3 is 48.5 Å². The molecule has 3 aromatic carbocycles. The molecule has 260 valence electrons. The average molecular weight is 679 g/mol. The van der Waals surface area contributed by atoms with Crippen LogP contribution in [-0.4, -0.2) is 93.6 Å². The standard InChI is InChI=1S/C35H38N2O12/c1-20-12-22(13-21(2)32(20)48-18-44-4)33(39)36-26-16-37(35(41)42)11-7-10-27(26)49-34(40)24-9-6-5-8-23(24)31(38)25-14-29-30(47-19-46-29)15-28(25)45-17-43-3/h5-6,8-9,12-15,26-27H,7,10-11,16-19H2,1-4H3,(H,36,39)(H,41,42). The molecule has 0 bridgehead atoms. The number of likely N-dealkylation sites (tertiary alicyclic amines) is 1. The number of carboxylic acid groups (broad SMARTS) is 1. The number of amides is 2. The highest BCUT2D eigenvalue weighted by atomic mass is 16.7. The van der Waals surface area contributed by atoms with Crippen molar-refractivity contribution in [1.29, 1.82) is 0 Å². The maximum Gasteiger partial charge on any atom is 0.407 e. The van der Waals surface area contributed by atoms with E-state index in [1.54, 1.807) is 38.1 Å². The lowest BCUT2D eigenvalue weighted by molar-refractivity contribution is 0.0177. The smallest absolute Gasteiger partial charge is 0.407 e. The summed E-state index contributed by atoms with van der Waals surface area (Å²) in [6, 6.07) is 11.6. The number of fused-ring (bicyclic) bond motifs is 1. The highest BCUT2D eigenvalue weighted by molar-refractivity contribution is 6.16. The number of ether oxygens (including phenoxy) is 7. The van der Waals surface area contributed by atoms with Crippen LogP contribution in [0.5, 0.6) is 23.0 Å². The van der Waals surface area contributed by atoms with E-state index in [2.05, 4.69) is 5.32 Å². The number of esters is 1. The fraction of sp³-hybridized carbons (Fsp3) is 0.371. The molecule has 3 aromatic rings. The van der Waals surface area contributed by atoms with Gasteiger partial charge in [0, 0.05) is 44.5 Å². The summed E-state index contributed by atoms with van der Waals surface area (Å²) in [7, 11) is 2.95. The minimum absolute atomic E-state index is 0.0225. The van der Waals surface area contributed by atoms with Gasteiger partial charge in [0.05, 0.1) is 17.2 Å². The number of hydrogen-bond acceptors (Lipinski definition) is 11. The second kappa shape index (κ2) is 15.7. The number of aryl methyl sites for hydroxylation is 2. The van der Waals surface area contributed by atoms with Crippen LogP contribution in [0.1, 0.15) is 60.6 Å². The summed E-state index contributed by atoms with van der Waals surface area (Å²) < 4.78 is 38.2. The number of nitrogens with zero attached hydrogens (tertiary/aromatic N) is 1. The van der Waals surface area contributed by atoms with Crippen molar-refractivity contribution >= 4 is 23.8 Å². The number of rotatable bonds is 12. The largest absolute Gasteiger partial charge is 0.467 e. The number of hydrogen-bond donors (Lipinski definition) is 2. The van der Waals surface area contributed by atoms with Crippen molar-refractivity contribution in [3.63, 3.8) is 0 Å². The third-order valence-electron chi connectivity index (χ3n) is 8.11. The number of methoxy groups -OCH3 is 2. The summed E-state index contributed by atoms with van der Waals surface area (Å²) in [5, 5.41) is 12.7. The van der Waals surface area contributed by atoms with Gasteiger partial charge in [-0.05, 0) is 62.1 Å². The van der Waals surface area contributed by atoms with Crippen molar-refractivity contribution in [1.82, 2.24) is 10.2 Å². The zero-order valence-electron chi connectivity index (χ0n) is 27.6. The van der Waals surface area contributed by atoms with Gasteiger partial charge in [-0.2, -0.15) is 0 Å². The fourth-order valence-corrected chi connectivity index (χ4v) is 5.81. The average Bonchev–Trinajstić information content (AvgIpc) is 3.46. The molecule has 0 radical (unpaired) electrons. The van der Waals surface area contributed by atoms with E-state index in [-0.39, 0.29) is 62.3 Å². The van der Waals surface area contributed by atoms with Crippen LogP contribution in [0.25, 0.3) is 0 Å². The van der Waals surface area contributed by atoms with Crippen molar-refractivity contribution in [3.8, 4) is 23.0 Å².